The standard InChI is InChI=1S/C12H15ClN2O4S/c13-10-7-9(14)1-2-11(10)20(17,18)8-12(16)15-3-5-19-6-4-15/h1-2,7H,3-6,8,14H2. The van der Waals surface area contributed by atoms with Gasteiger partial charge in [0.25, 0.3) is 0 Å². The van der Waals surface area contributed by atoms with Crippen molar-refractivity contribution in [3.63, 3.8) is 0 Å². The van der Waals surface area contributed by atoms with Crippen LogP contribution in [0.2, 0.25) is 5.02 Å². The summed E-state index contributed by atoms with van der Waals surface area (Å²) in [5.74, 6) is -1.04. The molecule has 0 saturated carbocycles. The van der Waals surface area contributed by atoms with E-state index in [1.165, 1.54) is 23.1 Å². The van der Waals surface area contributed by atoms with Crippen molar-refractivity contribution in [1.29, 1.82) is 0 Å². The highest BCUT2D eigenvalue weighted by Crippen LogP contribution is 2.25. The quantitative estimate of drug-likeness (QED) is 0.822. The van der Waals surface area contributed by atoms with Gasteiger partial charge in [0.15, 0.2) is 9.84 Å². The van der Waals surface area contributed by atoms with Crippen molar-refractivity contribution in [2.24, 2.45) is 0 Å². The highest BCUT2D eigenvalue weighted by atomic mass is 35.5. The van der Waals surface area contributed by atoms with Gasteiger partial charge in [0.2, 0.25) is 5.91 Å². The third-order valence-electron chi connectivity index (χ3n) is 2.97. The molecular weight excluding hydrogens is 304 g/mol. The Kier molecular flexibility index (Phi) is 4.52. The van der Waals surface area contributed by atoms with Gasteiger partial charge in [-0.3, -0.25) is 4.79 Å². The first-order chi connectivity index (χ1) is 9.40. The van der Waals surface area contributed by atoms with Crippen LogP contribution in [0.1, 0.15) is 0 Å². The number of carbonyl (C=O) groups is 1. The fourth-order valence-electron chi connectivity index (χ4n) is 1.91. The first kappa shape index (κ1) is 15.1. The van der Waals surface area contributed by atoms with E-state index in [4.69, 9.17) is 22.1 Å². The van der Waals surface area contributed by atoms with E-state index in [1.807, 2.05) is 0 Å². The maximum atomic E-state index is 12.2. The number of ether oxygens (including phenoxy) is 1. The van der Waals surface area contributed by atoms with Crippen molar-refractivity contribution < 1.29 is 17.9 Å². The molecule has 0 bridgehead atoms. The smallest absolute Gasteiger partial charge is 0.238 e. The highest BCUT2D eigenvalue weighted by Gasteiger charge is 2.26. The zero-order valence-electron chi connectivity index (χ0n) is 10.7. The van der Waals surface area contributed by atoms with E-state index in [9.17, 15) is 13.2 Å². The minimum Gasteiger partial charge on any atom is -0.399 e. The summed E-state index contributed by atoms with van der Waals surface area (Å²) in [7, 11) is -3.78. The molecule has 1 aliphatic rings. The monoisotopic (exact) mass is 318 g/mol. The third kappa shape index (κ3) is 3.41. The maximum absolute atomic E-state index is 12.2. The number of hydrogen-bond donors (Lipinski definition) is 1. The van der Waals surface area contributed by atoms with Crippen LogP contribution in [0.4, 0.5) is 5.69 Å². The lowest BCUT2D eigenvalue weighted by atomic mass is 10.3. The Hall–Kier alpha value is -1.31. The molecule has 2 N–H and O–H groups in total. The van der Waals surface area contributed by atoms with Crippen LogP contribution in [0.15, 0.2) is 23.1 Å². The summed E-state index contributed by atoms with van der Waals surface area (Å²) < 4.78 is 29.5. The number of nitrogens with zero attached hydrogens (tertiary/aromatic N) is 1. The predicted molar refractivity (Wildman–Crippen MR) is 75.3 cm³/mol. The fourth-order valence-corrected chi connectivity index (χ4v) is 3.75. The number of halogens is 1. The molecule has 0 unspecified atom stereocenters. The van der Waals surface area contributed by atoms with Gasteiger partial charge in [0, 0.05) is 18.8 Å². The summed E-state index contributed by atoms with van der Waals surface area (Å²) >= 11 is 5.88. The molecule has 1 aliphatic heterocycles. The van der Waals surface area contributed by atoms with Crippen LogP contribution < -0.4 is 5.73 Å². The second-order valence-corrected chi connectivity index (χ2v) is 6.81. The lowest BCUT2D eigenvalue weighted by Gasteiger charge is -2.26. The van der Waals surface area contributed by atoms with Crippen LogP contribution in [-0.2, 0) is 19.4 Å². The summed E-state index contributed by atoms with van der Waals surface area (Å²) in [6.07, 6.45) is 0. The summed E-state index contributed by atoms with van der Waals surface area (Å²) in [6.45, 7) is 1.66. The number of carbonyl (C=O) groups excluding carboxylic acids is 1. The SMILES string of the molecule is Nc1ccc(S(=O)(=O)CC(=O)N2CCOCC2)c(Cl)c1. The van der Waals surface area contributed by atoms with E-state index in [0.29, 0.717) is 32.0 Å². The van der Waals surface area contributed by atoms with Crippen LogP contribution in [0.3, 0.4) is 0 Å². The number of nitrogens with two attached hydrogens (primary N) is 1. The number of hydrogen-bond acceptors (Lipinski definition) is 5. The number of amides is 1. The van der Waals surface area contributed by atoms with Crippen molar-refractivity contribution >= 4 is 33.0 Å². The average molecular weight is 319 g/mol. The van der Waals surface area contributed by atoms with E-state index in [1.54, 1.807) is 0 Å². The molecular formula is C12H15ClN2O4S. The number of nitrogen functional groups attached to an aromatic ring is 1. The minimum absolute atomic E-state index is 0.0276. The van der Waals surface area contributed by atoms with Gasteiger partial charge in [-0.1, -0.05) is 11.6 Å². The van der Waals surface area contributed by atoms with Crippen LogP contribution in [0.5, 0.6) is 0 Å². The van der Waals surface area contributed by atoms with E-state index < -0.39 is 21.5 Å². The molecule has 0 spiro atoms. The van der Waals surface area contributed by atoms with E-state index >= 15 is 0 Å². The molecule has 1 heterocycles. The minimum atomic E-state index is -3.78. The molecule has 110 valence electrons. The normalized spacial score (nSPS) is 16.1. The molecule has 1 aromatic rings. The Balaban J connectivity index is 2.16. The maximum Gasteiger partial charge on any atom is 0.238 e. The summed E-state index contributed by atoms with van der Waals surface area (Å²) in [5, 5.41) is 0.0276. The highest BCUT2D eigenvalue weighted by molar-refractivity contribution is 7.92. The molecule has 1 amide bonds. The van der Waals surface area contributed by atoms with Gasteiger partial charge >= 0.3 is 0 Å². The van der Waals surface area contributed by atoms with Gasteiger partial charge in [-0.25, -0.2) is 8.42 Å². The molecule has 1 saturated heterocycles. The third-order valence-corrected chi connectivity index (χ3v) is 5.05. The second kappa shape index (κ2) is 5.99. The zero-order valence-corrected chi connectivity index (χ0v) is 12.3. The Morgan fingerprint density at radius 2 is 2.00 bits per heavy atom. The number of rotatable bonds is 3. The van der Waals surface area contributed by atoms with Crippen molar-refractivity contribution in [2.45, 2.75) is 4.90 Å². The topological polar surface area (TPSA) is 89.7 Å². The van der Waals surface area contributed by atoms with Crippen molar-refractivity contribution in [1.82, 2.24) is 4.90 Å². The molecule has 0 radical (unpaired) electrons. The first-order valence-corrected chi connectivity index (χ1v) is 8.06. The van der Waals surface area contributed by atoms with Crippen LogP contribution in [-0.4, -0.2) is 51.3 Å². The Morgan fingerprint density at radius 3 is 2.60 bits per heavy atom. The van der Waals surface area contributed by atoms with Gasteiger partial charge in [0.1, 0.15) is 5.75 Å². The number of anilines is 1. The van der Waals surface area contributed by atoms with Crippen LogP contribution in [0.25, 0.3) is 0 Å². The Bertz CT molecular complexity index is 612. The molecule has 20 heavy (non-hydrogen) atoms. The van der Waals surface area contributed by atoms with E-state index in [-0.39, 0.29) is 9.92 Å². The average Bonchev–Trinajstić information content (AvgIpc) is 2.38. The molecule has 6 nitrogen and oxygen atoms in total. The van der Waals surface area contributed by atoms with E-state index in [0.717, 1.165) is 0 Å². The molecule has 8 heteroatoms. The molecule has 2 rings (SSSR count). The lowest BCUT2D eigenvalue weighted by Crippen LogP contribution is -2.43. The van der Waals surface area contributed by atoms with E-state index in [2.05, 4.69) is 0 Å². The fraction of sp³-hybridized carbons (Fsp3) is 0.417. The second-order valence-electron chi connectivity index (χ2n) is 4.44. The van der Waals surface area contributed by atoms with Crippen molar-refractivity contribution in [3.05, 3.63) is 23.2 Å². The number of sulfone groups is 1. The van der Waals surface area contributed by atoms with Gasteiger partial charge < -0.3 is 15.4 Å². The largest absolute Gasteiger partial charge is 0.399 e. The Labute approximate surface area is 122 Å². The zero-order chi connectivity index (χ0) is 14.8. The molecule has 1 fully saturated rings. The number of morpholine rings is 1. The predicted octanol–water partition coefficient (Wildman–Crippen LogP) is 0.555. The molecule has 0 aromatic heterocycles. The van der Waals surface area contributed by atoms with Gasteiger partial charge in [-0.2, -0.15) is 0 Å². The lowest BCUT2D eigenvalue weighted by molar-refractivity contribution is -0.132. The van der Waals surface area contributed by atoms with Crippen molar-refractivity contribution in [2.75, 3.05) is 37.8 Å². The molecule has 0 atom stereocenters. The summed E-state index contributed by atoms with van der Waals surface area (Å²) in [5.41, 5.74) is 5.89. The van der Waals surface area contributed by atoms with Gasteiger partial charge in [0.05, 0.1) is 23.1 Å². The Morgan fingerprint density at radius 1 is 1.35 bits per heavy atom. The summed E-state index contributed by atoms with van der Waals surface area (Å²) in [4.78, 5) is 13.4. The number of benzene rings is 1. The van der Waals surface area contributed by atoms with Gasteiger partial charge in [-0.15, -0.1) is 0 Å². The van der Waals surface area contributed by atoms with Crippen LogP contribution >= 0.6 is 11.6 Å². The van der Waals surface area contributed by atoms with Crippen molar-refractivity contribution in [3.8, 4) is 0 Å². The molecule has 0 aliphatic carbocycles. The molecule has 1 aromatic carbocycles. The summed E-state index contributed by atoms with van der Waals surface area (Å²) in [6, 6.07) is 4.12. The van der Waals surface area contributed by atoms with Gasteiger partial charge in [-0.05, 0) is 18.2 Å². The van der Waals surface area contributed by atoms with Crippen LogP contribution in [0, 0.1) is 0 Å². The first-order valence-electron chi connectivity index (χ1n) is 6.03.